The Labute approximate surface area is 119 Å². The van der Waals surface area contributed by atoms with E-state index >= 15 is 0 Å². The van der Waals surface area contributed by atoms with Crippen LogP contribution in [0.5, 0.6) is 5.75 Å². The van der Waals surface area contributed by atoms with Crippen LogP contribution in [0.15, 0.2) is 22.6 Å². The molecule has 0 aliphatic carbocycles. The molecule has 0 amide bonds. The lowest BCUT2D eigenvalue weighted by molar-refractivity contribution is 0.320. The average Bonchev–Trinajstić information content (AvgIpc) is 2.79. The van der Waals surface area contributed by atoms with E-state index in [1.54, 1.807) is 6.92 Å². The lowest BCUT2D eigenvalue weighted by atomic mass is 10.2. The Morgan fingerprint density at radius 3 is 2.90 bits per heavy atom. The van der Waals surface area contributed by atoms with E-state index in [0.29, 0.717) is 5.13 Å². The summed E-state index contributed by atoms with van der Waals surface area (Å²) >= 11 is 1.39. The molecule has 4 nitrogen and oxygen atoms in total. The van der Waals surface area contributed by atoms with Gasteiger partial charge in [0.25, 0.3) is 0 Å². The smallest absolute Gasteiger partial charge is 0.203 e. The van der Waals surface area contributed by atoms with E-state index in [2.05, 4.69) is 15.5 Å². The van der Waals surface area contributed by atoms with Crippen molar-refractivity contribution < 1.29 is 13.5 Å². The monoisotopic (exact) mass is 297 g/mol. The van der Waals surface area contributed by atoms with E-state index < -0.39 is 11.6 Å². The van der Waals surface area contributed by atoms with Crippen LogP contribution >= 0.6 is 11.3 Å². The van der Waals surface area contributed by atoms with E-state index in [1.165, 1.54) is 17.6 Å². The molecule has 20 heavy (non-hydrogen) atoms. The minimum Gasteiger partial charge on any atom is -0.490 e. The summed E-state index contributed by atoms with van der Waals surface area (Å²) in [5.41, 5.74) is 3.80. The number of anilines is 1. The Morgan fingerprint density at radius 2 is 2.25 bits per heavy atom. The summed E-state index contributed by atoms with van der Waals surface area (Å²) in [5, 5.41) is 6.38. The van der Waals surface area contributed by atoms with Crippen LogP contribution in [0.4, 0.5) is 13.9 Å². The van der Waals surface area contributed by atoms with E-state index in [4.69, 9.17) is 4.74 Å². The molecule has 1 heterocycles. The highest BCUT2D eigenvalue weighted by Gasteiger charge is 2.11. The number of aryl methyl sites for hydroxylation is 1. The van der Waals surface area contributed by atoms with Crippen LogP contribution in [0, 0.1) is 18.6 Å². The van der Waals surface area contributed by atoms with E-state index in [9.17, 15) is 8.78 Å². The maximum atomic E-state index is 13.6. The first kappa shape index (κ1) is 14.4. The van der Waals surface area contributed by atoms with Gasteiger partial charge in [0.2, 0.25) is 5.13 Å². The molecule has 0 atom stereocenters. The van der Waals surface area contributed by atoms with Crippen LogP contribution < -0.4 is 10.2 Å². The number of aromatic nitrogens is 1. The summed E-state index contributed by atoms with van der Waals surface area (Å²) in [6, 6.07) is 1.94. The lowest BCUT2D eigenvalue weighted by Crippen LogP contribution is -2.01. The molecule has 0 bridgehead atoms. The Kier molecular flexibility index (Phi) is 4.62. The molecule has 0 spiro atoms. The Hall–Kier alpha value is -2.02. The third-order valence-corrected chi connectivity index (χ3v) is 3.17. The average molecular weight is 297 g/mol. The standard InChI is InChI=1S/C13H13F2N3OS/c1-3-19-12-9(4-10(14)5-11(12)15)6-16-18-13-17-8(2)7-20-13/h4-7H,3H2,1-2H3,(H,17,18). The molecule has 2 aromatic rings. The lowest BCUT2D eigenvalue weighted by Gasteiger charge is -2.08. The highest BCUT2D eigenvalue weighted by molar-refractivity contribution is 7.13. The number of hydrogen-bond donors (Lipinski definition) is 1. The molecule has 7 heteroatoms. The summed E-state index contributed by atoms with van der Waals surface area (Å²) < 4.78 is 32.0. The predicted octanol–water partition coefficient (Wildman–Crippen LogP) is 3.57. The SMILES string of the molecule is CCOc1c(F)cc(F)cc1C=NNc1nc(C)cs1. The van der Waals surface area contributed by atoms with Gasteiger partial charge in [0, 0.05) is 17.0 Å². The summed E-state index contributed by atoms with van der Waals surface area (Å²) in [7, 11) is 0. The minimum atomic E-state index is -0.751. The normalized spacial score (nSPS) is 11.0. The first-order valence-electron chi connectivity index (χ1n) is 5.93. The summed E-state index contributed by atoms with van der Waals surface area (Å²) in [5.74, 6) is -1.45. The molecule has 1 N–H and O–H groups in total. The zero-order valence-electron chi connectivity index (χ0n) is 11.0. The molecule has 0 aliphatic rings. The van der Waals surface area contributed by atoms with E-state index in [-0.39, 0.29) is 17.9 Å². The van der Waals surface area contributed by atoms with Gasteiger partial charge in [-0.15, -0.1) is 11.3 Å². The van der Waals surface area contributed by atoms with Crippen molar-refractivity contribution in [3.63, 3.8) is 0 Å². The second-order valence-electron chi connectivity index (χ2n) is 3.90. The Balaban J connectivity index is 2.19. The topological polar surface area (TPSA) is 46.5 Å². The highest BCUT2D eigenvalue weighted by Crippen LogP contribution is 2.23. The third kappa shape index (κ3) is 3.51. The van der Waals surface area contributed by atoms with Gasteiger partial charge in [-0.2, -0.15) is 5.10 Å². The predicted molar refractivity (Wildman–Crippen MR) is 75.6 cm³/mol. The van der Waals surface area contributed by atoms with Crippen LogP contribution in [0.1, 0.15) is 18.2 Å². The zero-order chi connectivity index (χ0) is 14.5. The van der Waals surface area contributed by atoms with Crippen LogP contribution in [-0.4, -0.2) is 17.8 Å². The van der Waals surface area contributed by atoms with Crippen molar-refractivity contribution >= 4 is 22.7 Å². The molecular formula is C13H13F2N3OS. The highest BCUT2D eigenvalue weighted by atomic mass is 32.1. The number of rotatable bonds is 5. The molecule has 0 saturated heterocycles. The van der Waals surface area contributed by atoms with Gasteiger partial charge in [0.15, 0.2) is 11.6 Å². The fourth-order valence-corrected chi connectivity index (χ4v) is 2.17. The fourth-order valence-electron chi connectivity index (χ4n) is 1.54. The van der Waals surface area contributed by atoms with Gasteiger partial charge in [-0.25, -0.2) is 13.8 Å². The molecule has 0 radical (unpaired) electrons. The largest absolute Gasteiger partial charge is 0.490 e. The number of benzene rings is 1. The molecular weight excluding hydrogens is 284 g/mol. The fraction of sp³-hybridized carbons (Fsp3) is 0.231. The maximum absolute atomic E-state index is 13.6. The van der Waals surface area contributed by atoms with Crippen molar-refractivity contribution in [2.24, 2.45) is 5.10 Å². The number of hydrogen-bond acceptors (Lipinski definition) is 5. The van der Waals surface area contributed by atoms with Gasteiger partial charge < -0.3 is 4.74 Å². The van der Waals surface area contributed by atoms with Gasteiger partial charge in [-0.05, 0) is 19.9 Å². The van der Waals surface area contributed by atoms with Crippen LogP contribution in [-0.2, 0) is 0 Å². The minimum absolute atomic E-state index is 0.0187. The molecule has 2 rings (SSSR count). The van der Waals surface area contributed by atoms with E-state index in [0.717, 1.165) is 17.8 Å². The van der Waals surface area contributed by atoms with Crippen molar-refractivity contribution in [1.82, 2.24) is 4.98 Å². The van der Waals surface area contributed by atoms with Crippen molar-refractivity contribution in [3.05, 3.63) is 40.4 Å². The number of hydrazone groups is 1. The van der Waals surface area contributed by atoms with Gasteiger partial charge in [0.1, 0.15) is 5.82 Å². The molecule has 1 aromatic heterocycles. The molecule has 0 fully saturated rings. The van der Waals surface area contributed by atoms with E-state index in [1.807, 2.05) is 12.3 Å². The number of nitrogens with one attached hydrogen (secondary N) is 1. The van der Waals surface area contributed by atoms with Gasteiger partial charge in [-0.1, -0.05) is 0 Å². The van der Waals surface area contributed by atoms with Crippen molar-refractivity contribution in [2.75, 3.05) is 12.0 Å². The van der Waals surface area contributed by atoms with Crippen molar-refractivity contribution in [3.8, 4) is 5.75 Å². The Bertz CT molecular complexity index is 628. The quantitative estimate of drug-likeness (QED) is 0.678. The van der Waals surface area contributed by atoms with Crippen molar-refractivity contribution in [2.45, 2.75) is 13.8 Å². The first-order valence-corrected chi connectivity index (χ1v) is 6.81. The van der Waals surface area contributed by atoms with Crippen LogP contribution in [0.2, 0.25) is 0 Å². The summed E-state index contributed by atoms with van der Waals surface area (Å²) in [4.78, 5) is 4.15. The van der Waals surface area contributed by atoms with Gasteiger partial charge >= 0.3 is 0 Å². The molecule has 0 unspecified atom stereocenters. The van der Waals surface area contributed by atoms with Crippen LogP contribution in [0.25, 0.3) is 0 Å². The Morgan fingerprint density at radius 1 is 1.45 bits per heavy atom. The number of ether oxygens (including phenoxy) is 1. The molecule has 0 aliphatic heterocycles. The maximum Gasteiger partial charge on any atom is 0.203 e. The second-order valence-corrected chi connectivity index (χ2v) is 4.76. The molecule has 0 saturated carbocycles. The number of halogens is 2. The summed E-state index contributed by atoms with van der Waals surface area (Å²) in [6.45, 7) is 3.86. The summed E-state index contributed by atoms with van der Waals surface area (Å²) in [6.07, 6.45) is 1.30. The first-order chi connectivity index (χ1) is 9.60. The van der Waals surface area contributed by atoms with Crippen LogP contribution in [0.3, 0.4) is 0 Å². The number of thiazole rings is 1. The second kappa shape index (κ2) is 6.42. The van der Waals surface area contributed by atoms with Gasteiger partial charge in [0.05, 0.1) is 18.5 Å². The van der Waals surface area contributed by atoms with Gasteiger partial charge in [-0.3, -0.25) is 5.43 Å². The van der Waals surface area contributed by atoms with Crippen molar-refractivity contribution in [1.29, 1.82) is 0 Å². The molecule has 106 valence electrons. The third-order valence-electron chi connectivity index (χ3n) is 2.31. The number of nitrogens with zero attached hydrogens (tertiary/aromatic N) is 2. The zero-order valence-corrected chi connectivity index (χ0v) is 11.8. The molecule has 1 aromatic carbocycles.